The Morgan fingerprint density at radius 3 is 2.74 bits per heavy atom. The van der Waals surface area contributed by atoms with Crippen molar-refractivity contribution in [3.05, 3.63) is 34.9 Å². The zero-order valence-corrected chi connectivity index (χ0v) is 14.6. The van der Waals surface area contributed by atoms with Gasteiger partial charge in [-0.3, -0.25) is 4.79 Å². The van der Waals surface area contributed by atoms with Gasteiger partial charge in [0.05, 0.1) is 6.10 Å². The van der Waals surface area contributed by atoms with Crippen LogP contribution in [0, 0.1) is 22.7 Å². The first-order valence-corrected chi connectivity index (χ1v) is 9.17. The molecule has 2 saturated carbocycles. The summed E-state index contributed by atoms with van der Waals surface area (Å²) in [6, 6.07) is 0. The fourth-order valence-corrected chi connectivity index (χ4v) is 6.02. The molecule has 0 aromatic rings. The summed E-state index contributed by atoms with van der Waals surface area (Å²) >= 11 is 0. The van der Waals surface area contributed by atoms with Crippen molar-refractivity contribution < 1.29 is 9.90 Å². The smallest absolute Gasteiger partial charge is 0.133 e. The number of carbonyl (C=O) groups excluding carboxylic acids is 1. The maximum atomic E-state index is 12.1. The number of Topliss-reactive ketones (excluding diaryl/α,β-unsaturated/α-hetero) is 1. The van der Waals surface area contributed by atoms with Gasteiger partial charge < -0.3 is 5.11 Å². The minimum absolute atomic E-state index is 0.108. The van der Waals surface area contributed by atoms with Gasteiger partial charge in [-0.15, -0.1) is 0 Å². The van der Waals surface area contributed by atoms with Crippen LogP contribution in [0.5, 0.6) is 0 Å². The molecule has 0 aromatic carbocycles. The number of fused-ring (bicyclic) bond motifs is 5. The van der Waals surface area contributed by atoms with Gasteiger partial charge in [-0.25, -0.2) is 0 Å². The second kappa shape index (κ2) is 4.92. The Hall–Kier alpha value is -1.15. The molecule has 0 bridgehead atoms. The zero-order valence-electron chi connectivity index (χ0n) is 14.6. The Balaban J connectivity index is 1.78. The van der Waals surface area contributed by atoms with Gasteiger partial charge in [0.1, 0.15) is 5.78 Å². The third kappa shape index (κ3) is 2.00. The van der Waals surface area contributed by atoms with Crippen LogP contribution in [0.3, 0.4) is 0 Å². The molecule has 2 fully saturated rings. The number of aliphatic hydroxyl groups excluding tert-OH is 1. The van der Waals surface area contributed by atoms with Crippen LogP contribution >= 0.6 is 0 Å². The molecule has 2 heteroatoms. The molecule has 0 heterocycles. The summed E-state index contributed by atoms with van der Waals surface area (Å²) in [5, 5.41) is 10.0. The molecule has 0 aliphatic heterocycles. The van der Waals surface area contributed by atoms with Crippen molar-refractivity contribution in [1.29, 1.82) is 0 Å². The molecule has 5 atom stereocenters. The highest BCUT2D eigenvalue weighted by atomic mass is 16.3. The Morgan fingerprint density at radius 1 is 1.22 bits per heavy atom. The Morgan fingerprint density at radius 2 is 2.00 bits per heavy atom. The number of carbonyl (C=O) groups is 1. The third-order valence-electron chi connectivity index (χ3n) is 7.46. The van der Waals surface area contributed by atoms with E-state index in [1.54, 1.807) is 6.92 Å². The standard InChI is InChI=1S/C21H28O2/c1-13(22)17-6-7-18-16-5-4-14-12-15(23)8-10-20(14,2)19(16)9-11-21(17,18)3/h4-5,9,15,17-18,23H,6-8,10-12H2,1-3H3. The average molecular weight is 312 g/mol. The van der Waals surface area contributed by atoms with Crippen LogP contribution in [0.15, 0.2) is 34.9 Å². The van der Waals surface area contributed by atoms with Crippen molar-refractivity contribution >= 4 is 5.78 Å². The van der Waals surface area contributed by atoms with Gasteiger partial charge in [0.25, 0.3) is 0 Å². The summed E-state index contributed by atoms with van der Waals surface area (Å²) in [5.41, 5.74) is 4.62. The van der Waals surface area contributed by atoms with Crippen molar-refractivity contribution in [1.82, 2.24) is 0 Å². The van der Waals surface area contributed by atoms with E-state index in [9.17, 15) is 9.90 Å². The van der Waals surface area contributed by atoms with E-state index in [-0.39, 0.29) is 22.9 Å². The number of rotatable bonds is 1. The van der Waals surface area contributed by atoms with Crippen molar-refractivity contribution in [3.8, 4) is 0 Å². The largest absolute Gasteiger partial charge is 0.393 e. The summed E-state index contributed by atoms with van der Waals surface area (Å²) in [6.07, 6.45) is 12.8. The molecule has 0 saturated heterocycles. The molecule has 2 nitrogen and oxygen atoms in total. The number of allylic oxidation sites excluding steroid dienone is 5. The highest BCUT2D eigenvalue weighted by Gasteiger charge is 2.54. The second-order valence-corrected chi connectivity index (χ2v) is 8.66. The summed E-state index contributed by atoms with van der Waals surface area (Å²) in [5.74, 6) is 1.11. The van der Waals surface area contributed by atoms with Gasteiger partial charge in [0.15, 0.2) is 0 Å². The van der Waals surface area contributed by atoms with Crippen LogP contribution < -0.4 is 0 Å². The van der Waals surface area contributed by atoms with E-state index in [4.69, 9.17) is 0 Å². The van der Waals surface area contributed by atoms with Crippen molar-refractivity contribution in [2.24, 2.45) is 22.7 Å². The molecular weight excluding hydrogens is 284 g/mol. The molecule has 0 amide bonds. The van der Waals surface area contributed by atoms with Gasteiger partial charge in [-0.1, -0.05) is 37.6 Å². The Bertz CT molecular complexity index is 653. The Kier molecular flexibility index (Phi) is 3.29. The third-order valence-corrected chi connectivity index (χ3v) is 7.46. The predicted molar refractivity (Wildman–Crippen MR) is 91.8 cm³/mol. The van der Waals surface area contributed by atoms with Crippen molar-refractivity contribution in [2.45, 2.75) is 65.4 Å². The van der Waals surface area contributed by atoms with Crippen molar-refractivity contribution in [2.75, 3.05) is 0 Å². The van der Waals surface area contributed by atoms with Crippen LogP contribution in [0.4, 0.5) is 0 Å². The number of ketones is 1. The molecule has 0 spiro atoms. The van der Waals surface area contributed by atoms with Crippen LogP contribution in [0.1, 0.15) is 59.3 Å². The lowest BCUT2D eigenvalue weighted by molar-refractivity contribution is -0.124. The average Bonchev–Trinajstić information content (AvgIpc) is 2.85. The molecule has 1 N–H and O–H groups in total. The molecule has 0 aromatic heterocycles. The van der Waals surface area contributed by atoms with Gasteiger partial charge in [-0.05, 0) is 67.9 Å². The quantitative estimate of drug-likeness (QED) is 0.781. The van der Waals surface area contributed by atoms with E-state index < -0.39 is 0 Å². The Labute approximate surface area is 139 Å². The maximum Gasteiger partial charge on any atom is 0.133 e. The molecule has 4 rings (SSSR count). The van der Waals surface area contributed by atoms with E-state index >= 15 is 0 Å². The molecule has 124 valence electrons. The molecule has 23 heavy (non-hydrogen) atoms. The monoisotopic (exact) mass is 312 g/mol. The molecular formula is C21H28O2. The topological polar surface area (TPSA) is 37.3 Å². The lowest BCUT2D eigenvalue weighted by Crippen LogP contribution is -2.41. The number of hydrogen-bond acceptors (Lipinski definition) is 2. The molecule has 5 unspecified atom stereocenters. The summed E-state index contributed by atoms with van der Waals surface area (Å²) in [6.45, 7) is 6.47. The fraction of sp³-hybridized carbons (Fsp3) is 0.667. The lowest BCUT2D eigenvalue weighted by Gasteiger charge is -2.49. The summed E-state index contributed by atoms with van der Waals surface area (Å²) in [4.78, 5) is 12.1. The van der Waals surface area contributed by atoms with E-state index in [0.29, 0.717) is 11.7 Å². The van der Waals surface area contributed by atoms with Crippen LogP contribution in [0.2, 0.25) is 0 Å². The van der Waals surface area contributed by atoms with Crippen LogP contribution in [-0.4, -0.2) is 17.0 Å². The van der Waals surface area contributed by atoms with Gasteiger partial charge in [0, 0.05) is 11.3 Å². The lowest BCUT2D eigenvalue weighted by atomic mass is 9.55. The van der Waals surface area contributed by atoms with E-state index in [1.165, 1.54) is 16.7 Å². The van der Waals surface area contributed by atoms with Gasteiger partial charge in [-0.2, -0.15) is 0 Å². The normalized spacial score (nSPS) is 45.2. The van der Waals surface area contributed by atoms with E-state index in [2.05, 4.69) is 32.1 Å². The molecule has 4 aliphatic rings. The highest BCUT2D eigenvalue weighted by molar-refractivity contribution is 5.80. The SMILES string of the molecule is CC(=O)C1CCC2C3=CC=C4CC(O)CCC4(C)C3=CCC12C. The fourth-order valence-electron chi connectivity index (χ4n) is 6.02. The first kappa shape index (κ1) is 15.4. The molecule has 4 aliphatic carbocycles. The van der Waals surface area contributed by atoms with Crippen LogP contribution in [0.25, 0.3) is 0 Å². The number of aliphatic hydroxyl groups is 1. The van der Waals surface area contributed by atoms with Crippen molar-refractivity contribution in [3.63, 3.8) is 0 Å². The highest BCUT2D eigenvalue weighted by Crippen LogP contribution is 2.62. The van der Waals surface area contributed by atoms with Crippen LogP contribution in [-0.2, 0) is 4.79 Å². The van der Waals surface area contributed by atoms with Gasteiger partial charge in [0.2, 0.25) is 0 Å². The van der Waals surface area contributed by atoms with Gasteiger partial charge >= 0.3 is 0 Å². The first-order chi connectivity index (χ1) is 10.9. The minimum atomic E-state index is -0.174. The maximum absolute atomic E-state index is 12.1. The second-order valence-electron chi connectivity index (χ2n) is 8.66. The summed E-state index contributed by atoms with van der Waals surface area (Å²) < 4.78 is 0. The van der Waals surface area contributed by atoms with E-state index in [1.807, 2.05) is 0 Å². The minimum Gasteiger partial charge on any atom is -0.393 e. The summed E-state index contributed by atoms with van der Waals surface area (Å²) in [7, 11) is 0. The molecule has 0 radical (unpaired) electrons. The zero-order chi connectivity index (χ0) is 16.4. The first-order valence-electron chi connectivity index (χ1n) is 9.17. The van der Waals surface area contributed by atoms with E-state index in [0.717, 1.165) is 38.5 Å². The number of hydrogen-bond donors (Lipinski definition) is 1. The predicted octanol–water partition coefficient (Wildman–Crippen LogP) is 4.36.